The number of guanidine groups is 1. The third-order valence-corrected chi connectivity index (χ3v) is 3.64. The molecule has 0 aliphatic heterocycles. The molecule has 0 atom stereocenters. The summed E-state index contributed by atoms with van der Waals surface area (Å²) in [5.41, 5.74) is 2.22. The van der Waals surface area contributed by atoms with Gasteiger partial charge in [-0.25, -0.2) is 4.99 Å². The Morgan fingerprint density at radius 3 is 2.21 bits per heavy atom. The van der Waals surface area contributed by atoms with E-state index in [-0.39, 0.29) is 11.3 Å². The zero-order valence-electron chi connectivity index (χ0n) is 15.7. The highest BCUT2D eigenvalue weighted by Crippen LogP contribution is 2.12. The Morgan fingerprint density at radius 2 is 1.62 bits per heavy atom. The summed E-state index contributed by atoms with van der Waals surface area (Å²) >= 11 is 0. The normalized spacial score (nSPS) is 12.0. The van der Waals surface area contributed by atoms with Crippen molar-refractivity contribution < 1.29 is 4.79 Å². The van der Waals surface area contributed by atoms with Crippen LogP contribution in [0.4, 0.5) is 0 Å². The molecule has 0 radical (unpaired) electrons. The average Bonchev–Trinajstić information content (AvgIpc) is 2.55. The monoisotopic (exact) mass is 332 g/mol. The molecule has 3 N–H and O–H groups in total. The van der Waals surface area contributed by atoms with Gasteiger partial charge in [0.25, 0.3) is 0 Å². The van der Waals surface area contributed by atoms with Gasteiger partial charge in [0, 0.05) is 25.0 Å². The van der Waals surface area contributed by atoms with Gasteiger partial charge in [-0.15, -0.1) is 0 Å². The lowest BCUT2D eigenvalue weighted by atomic mass is 9.96. The molecule has 0 heterocycles. The molecule has 0 saturated carbocycles. The van der Waals surface area contributed by atoms with Gasteiger partial charge in [-0.05, 0) is 24.5 Å². The number of hydrogen-bond acceptors (Lipinski definition) is 2. The molecule has 0 saturated heterocycles. The second-order valence-electron chi connectivity index (χ2n) is 6.75. The summed E-state index contributed by atoms with van der Waals surface area (Å²) < 4.78 is 0. The molecule has 0 spiro atoms. The number of rotatable bonds is 7. The number of aryl methyl sites for hydroxylation is 1. The van der Waals surface area contributed by atoms with Crippen LogP contribution in [0.3, 0.4) is 0 Å². The highest BCUT2D eigenvalue weighted by atomic mass is 16.2. The van der Waals surface area contributed by atoms with Gasteiger partial charge in [0.15, 0.2) is 5.96 Å². The molecule has 1 aromatic carbocycles. The van der Waals surface area contributed by atoms with Crippen molar-refractivity contribution in [2.45, 2.75) is 47.6 Å². The molecule has 0 aliphatic carbocycles. The van der Waals surface area contributed by atoms with Crippen LogP contribution in [0.25, 0.3) is 0 Å². The smallest absolute Gasteiger partial charge is 0.225 e. The van der Waals surface area contributed by atoms with E-state index in [9.17, 15) is 4.79 Å². The number of nitrogens with one attached hydrogen (secondary N) is 3. The Labute approximate surface area is 146 Å². The number of hydrogen-bond donors (Lipinski definition) is 3. The number of aliphatic imine (C=N–C) groups is 1. The van der Waals surface area contributed by atoms with Gasteiger partial charge >= 0.3 is 0 Å². The van der Waals surface area contributed by atoms with Gasteiger partial charge in [0.2, 0.25) is 5.91 Å². The van der Waals surface area contributed by atoms with Crippen molar-refractivity contribution in [3.05, 3.63) is 35.4 Å². The van der Waals surface area contributed by atoms with Gasteiger partial charge in [0.05, 0.1) is 6.54 Å². The molecule has 134 valence electrons. The molecule has 0 bridgehead atoms. The predicted octanol–water partition coefficient (Wildman–Crippen LogP) is 2.47. The maximum atomic E-state index is 11.8. The van der Waals surface area contributed by atoms with Crippen LogP contribution in [0.1, 0.15) is 45.7 Å². The van der Waals surface area contributed by atoms with E-state index in [1.54, 1.807) is 0 Å². The Hall–Kier alpha value is -2.04. The van der Waals surface area contributed by atoms with Crippen LogP contribution in [0, 0.1) is 5.41 Å². The van der Waals surface area contributed by atoms with Crippen LogP contribution in [0.5, 0.6) is 0 Å². The van der Waals surface area contributed by atoms with Crippen molar-refractivity contribution >= 4 is 11.9 Å². The summed E-state index contributed by atoms with van der Waals surface area (Å²) in [6.45, 7) is 12.6. The molecule has 0 unspecified atom stereocenters. The zero-order valence-corrected chi connectivity index (χ0v) is 15.7. The van der Waals surface area contributed by atoms with Gasteiger partial charge in [-0.3, -0.25) is 4.79 Å². The molecule has 0 aliphatic rings. The number of benzene rings is 1. The first-order valence-electron chi connectivity index (χ1n) is 8.75. The maximum Gasteiger partial charge on any atom is 0.225 e. The second kappa shape index (κ2) is 9.96. The van der Waals surface area contributed by atoms with E-state index in [1.165, 1.54) is 11.1 Å². The van der Waals surface area contributed by atoms with Crippen molar-refractivity contribution in [3.63, 3.8) is 0 Å². The summed E-state index contributed by atoms with van der Waals surface area (Å²) in [5, 5.41) is 9.42. The predicted molar refractivity (Wildman–Crippen MR) is 101 cm³/mol. The summed E-state index contributed by atoms with van der Waals surface area (Å²) in [5.74, 6) is 0.830. The van der Waals surface area contributed by atoms with Gasteiger partial charge < -0.3 is 16.0 Å². The molecule has 0 fully saturated rings. The Kier molecular flexibility index (Phi) is 8.30. The van der Waals surface area contributed by atoms with E-state index in [0.29, 0.717) is 19.6 Å². The largest absolute Gasteiger partial charge is 0.357 e. The Morgan fingerprint density at radius 1 is 1.00 bits per heavy atom. The fourth-order valence-electron chi connectivity index (χ4n) is 2.18. The highest BCUT2D eigenvalue weighted by Gasteiger charge is 2.20. The molecule has 1 rings (SSSR count). The molecule has 1 aromatic rings. The van der Waals surface area contributed by atoms with E-state index in [0.717, 1.165) is 18.9 Å². The number of carbonyl (C=O) groups excluding carboxylic acids is 1. The van der Waals surface area contributed by atoms with Crippen molar-refractivity contribution in [3.8, 4) is 0 Å². The van der Waals surface area contributed by atoms with E-state index in [1.807, 2.05) is 33.8 Å². The summed E-state index contributed by atoms with van der Waals surface area (Å²) in [4.78, 5) is 16.5. The van der Waals surface area contributed by atoms with Crippen molar-refractivity contribution in [2.24, 2.45) is 10.4 Å². The number of carbonyl (C=O) groups is 1. The first-order valence-corrected chi connectivity index (χ1v) is 8.75. The molecule has 1 amide bonds. The molecule has 24 heavy (non-hydrogen) atoms. The molecule has 0 aromatic heterocycles. The van der Waals surface area contributed by atoms with E-state index >= 15 is 0 Å². The molecule has 5 nitrogen and oxygen atoms in total. The molecule has 5 heteroatoms. The van der Waals surface area contributed by atoms with Crippen LogP contribution in [0.15, 0.2) is 29.3 Å². The standard InChI is InChI=1S/C19H32N4O/c1-6-15-10-8-9-11-16(15)14-23-18(20-7-2)22-13-12-21-17(24)19(3,4)5/h8-11H,6-7,12-14H2,1-5H3,(H,21,24)(H2,20,22,23). The first-order chi connectivity index (χ1) is 11.4. The Bertz CT molecular complexity index is 547. The van der Waals surface area contributed by atoms with Crippen LogP contribution in [0.2, 0.25) is 0 Å². The summed E-state index contributed by atoms with van der Waals surface area (Å²) in [7, 11) is 0. The quantitative estimate of drug-likeness (QED) is 0.408. The first kappa shape index (κ1) is 20.0. The second-order valence-corrected chi connectivity index (χ2v) is 6.75. The van der Waals surface area contributed by atoms with Crippen LogP contribution in [-0.4, -0.2) is 31.5 Å². The van der Waals surface area contributed by atoms with Crippen LogP contribution in [-0.2, 0) is 17.8 Å². The van der Waals surface area contributed by atoms with Crippen molar-refractivity contribution in [1.29, 1.82) is 0 Å². The third-order valence-electron chi connectivity index (χ3n) is 3.64. The third kappa shape index (κ3) is 7.02. The van der Waals surface area contributed by atoms with Crippen molar-refractivity contribution in [1.82, 2.24) is 16.0 Å². The fraction of sp³-hybridized carbons (Fsp3) is 0.579. The summed E-state index contributed by atoms with van der Waals surface area (Å²) in [6, 6.07) is 8.38. The lowest BCUT2D eigenvalue weighted by molar-refractivity contribution is -0.128. The summed E-state index contributed by atoms with van der Waals surface area (Å²) in [6.07, 6.45) is 1.01. The van der Waals surface area contributed by atoms with E-state index in [2.05, 4.69) is 46.1 Å². The number of amides is 1. The minimum Gasteiger partial charge on any atom is -0.357 e. The SMILES string of the molecule is CCNC(=NCc1ccccc1CC)NCCNC(=O)C(C)(C)C. The maximum absolute atomic E-state index is 11.8. The molecular formula is C19H32N4O. The molecular weight excluding hydrogens is 300 g/mol. The van der Waals surface area contributed by atoms with Crippen LogP contribution >= 0.6 is 0 Å². The van der Waals surface area contributed by atoms with Gasteiger partial charge in [-0.1, -0.05) is 52.0 Å². The van der Waals surface area contributed by atoms with Crippen LogP contribution < -0.4 is 16.0 Å². The van der Waals surface area contributed by atoms with Gasteiger partial charge in [-0.2, -0.15) is 0 Å². The average molecular weight is 332 g/mol. The highest BCUT2D eigenvalue weighted by molar-refractivity contribution is 5.81. The number of nitrogens with zero attached hydrogens (tertiary/aromatic N) is 1. The van der Waals surface area contributed by atoms with E-state index < -0.39 is 0 Å². The topological polar surface area (TPSA) is 65.5 Å². The fourth-order valence-corrected chi connectivity index (χ4v) is 2.18. The lowest BCUT2D eigenvalue weighted by Crippen LogP contribution is -2.43. The minimum absolute atomic E-state index is 0.0584. The van der Waals surface area contributed by atoms with Crippen molar-refractivity contribution in [2.75, 3.05) is 19.6 Å². The van der Waals surface area contributed by atoms with E-state index in [4.69, 9.17) is 0 Å². The zero-order chi connectivity index (χ0) is 18.0. The minimum atomic E-state index is -0.359. The van der Waals surface area contributed by atoms with Gasteiger partial charge in [0.1, 0.15) is 0 Å². The lowest BCUT2D eigenvalue weighted by Gasteiger charge is -2.18. The Balaban J connectivity index is 2.53.